The number of carbonyl (C=O) groups is 2. The molecule has 0 aliphatic carbocycles. The van der Waals surface area contributed by atoms with Crippen molar-refractivity contribution in [2.24, 2.45) is 10.3 Å². The molecule has 11 aromatic rings. The van der Waals surface area contributed by atoms with Gasteiger partial charge in [0.25, 0.3) is 10.8 Å². The van der Waals surface area contributed by atoms with Gasteiger partial charge < -0.3 is 37.2 Å². The molecule has 0 fully saturated rings. The number of sulfonamides is 2. The Balaban J connectivity index is 0.000000727. The van der Waals surface area contributed by atoms with Gasteiger partial charge in [-0.15, -0.1) is 33.3 Å². The van der Waals surface area contributed by atoms with Gasteiger partial charge in [-0.05, 0) is 212 Å². The molecule has 0 amide bonds. The Morgan fingerprint density at radius 3 is 1.06 bits per heavy atom. The number of hydrogen-bond donors (Lipinski definition) is 8. The summed E-state index contributed by atoms with van der Waals surface area (Å²) in [6.07, 6.45) is 11.5. The fourth-order valence-corrected chi connectivity index (χ4v) is 10.8. The molecule has 0 radical (unpaired) electrons. The number of aromatic nitrogens is 6. The van der Waals surface area contributed by atoms with Gasteiger partial charge in [-0.2, -0.15) is 4.98 Å². The predicted octanol–water partition coefficient (Wildman–Crippen LogP) is 19.3. The fraction of sp³-hybridized carbons (Fsp3) is 0.262. The van der Waals surface area contributed by atoms with E-state index in [9.17, 15) is 71.7 Å². The number of anilines is 6. The first-order valence-electron chi connectivity index (χ1n) is 37.4. The fourth-order valence-electron chi connectivity index (χ4n) is 9.35. The molecule has 0 saturated carbocycles. The van der Waals surface area contributed by atoms with E-state index in [-0.39, 0.29) is 88.2 Å². The highest BCUT2D eigenvalue weighted by Gasteiger charge is 2.13. The van der Waals surface area contributed by atoms with E-state index < -0.39 is 59.4 Å². The highest BCUT2D eigenvalue weighted by molar-refractivity contribution is 7.89. The van der Waals surface area contributed by atoms with Crippen molar-refractivity contribution in [1.29, 1.82) is 0 Å². The van der Waals surface area contributed by atoms with E-state index in [1.165, 1.54) is 73.5 Å². The molecule has 682 valence electrons. The number of nitrogens with one attached hydrogen (secondary N) is 2. The molecule has 0 unspecified atom stereocenters. The number of nitrogen functional groups attached to an aromatic ring is 2. The van der Waals surface area contributed by atoms with Crippen LogP contribution in [0, 0.1) is 37.7 Å². The van der Waals surface area contributed by atoms with Gasteiger partial charge in [0, 0.05) is 61.8 Å². The van der Waals surface area contributed by atoms with E-state index >= 15 is 0 Å². The Hall–Kier alpha value is -11.4. The van der Waals surface area contributed by atoms with E-state index in [0.717, 1.165) is 77.8 Å². The minimum Gasteiger partial charge on any atom is -0.399 e. The number of carbonyl (C=O) groups excluding carboxylic acids is 2. The van der Waals surface area contributed by atoms with Crippen LogP contribution in [-0.4, -0.2) is 124 Å². The standard InChI is InChI=1S/C20H20F2N4O2S.C13H12ClF2N3.C9H10FNO2.C9H12FN.C9H11F.C9H12O.C6H8N2O2S.C4HCl2FN2.C4H6O3.CH2Cl2.HNO3/c21-11-1-2-14-3-7-16(8-4-14)25-20-18(22)13-24-19(26-20)12-15-5-9-17(10-6-15)29(23,27)28;14-13-17-8-11(16)12(19-13)18-10-5-3-9(4-6-10)2-1-7-15;10-7-1-2-8-3-5-9(6-4-8)11(12)13;10-7-1-2-8-3-5-9(11)6-4-8;2*10-8-4-7-9-5-2-1-3-6-9;7-5-1-3-6(4-2-5)11(8,9)10;5-3-2(7)1-8-4(6)9-3;1-3(5)7-4(2)6;2-1-3;2-1(3)4/h3-10,13H,1-2,11-12H2,(H2,23,27,28)(H,24,25,26);3-6,8H,1-2,7H2,(H,17,18,19);3-6H,1-2,7H2;3-6H,1-2,7,11H2;1-3,5-6H,4,7-8H2;1-3,5-6,10H,4,7-8H2;1-4H,7H2,(H2,8,9,10);1H;1-2H3;1H2;(H,2,3,4). The van der Waals surface area contributed by atoms with E-state index in [1.807, 2.05) is 97.1 Å². The summed E-state index contributed by atoms with van der Waals surface area (Å²) in [5.74, 6) is -2.53. The minimum absolute atomic E-state index is 0.0126. The molecule has 0 atom stereocenters. The van der Waals surface area contributed by atoms with Crippen LogP contribution in [0.3, 0.4) is 0 Å². The summed E-state index contributed by atoms with van der Waals surface area (Å²) in [5, 5.41) is 47.9. The van der Waals surface area contributed by atoms with Gasteiger partial charge in [0.2, 0.25) is 30.6 Å². The number of nitro benzene ring substituents is 1. The zero-order chi connectivity index (χ0) is 94.3. The lowest BCUT2D eigenvalue weighted by Gasteiger charge is -2.09. The number of aryl methyl sites for hydroxylation is 6. The third kappa shape index (κ3) is 55.1. The Labute approximate surface area is 749 Å². The largest absolute Gasteiger partial charge is 0.399 e. The van der Waals surface area contributed by atoms with Crippen molar-refractivity contribution in [2.75, 3.05) is 67.4 Å². The van der Waals surface area contributed by atoms with Crippen LogP contribution >= 0.6 is 58.0 Å². The van der Waals surface area contributed by atoms with Crippen molar-refractivity contribution in [2.45, 2.75) is 107 Å². The number of rotatable bonds is 27. The van der Waals surface area contributed by atoms with Crippen LogP contribution < -0.4 is 32.4 Å². The van der Waals surface area contributed by atoms with E-state index in [0.29, 0.717) is 80.7 Å². The second-order valence-electron chi connectivity index (χ2n) is 25.1. The molecule has 0 bridgehead atoms. The topological polar surface area (TPSA) is 444 Å². The van der Waals surface area contributed by atoms with E-state index in [1.54, 1.807) is 48.5 Å². The summed E-state index contributed by atoms with van der Waals surface area (Å²) in [6.45, 7) is 1.15. The maximum Gasteiger partial charge on any atom is 0.310 e. The number of aliphatic hydroxyl groups is 1. The van der Waals surface area contributed by atoms with Crippen molar-refractivity contribution in [1.82, 2.24) is 29.9 Å². The number of nitrogens with zero attached hydrogens (tertiary/aromatic N) is 8. The number of aliphatic hydroxyl groups excluding tert-OH is 1. The Morgan fingerprint density at radius 1 is 0.444 bits per heavy atom. The maximum absolute atomic E-state index is 14.1. The zero-order valence-corrected chi connectivity index (χ0v) is 73.4. The molecule has 11 rings (SSSR count). The molecular formula is C84H95Cl5F8N14O13S2. The average molecular weight is 1900 g/mol. The van der Waals surface area contributed by atoms with Gasteiger partial charge in [0.15, 0.2) is 34.2 Å². The van der Waals surface area contributed by atoms with E-state index in [4.69, 9.17) is 100 Å². The van der Waals surface area contributed by atoms with Gasteiger partial charge in [-0.25, -0.2) is 65.2 Å². The van der Waals surface area contributed by atoms with Gasteiger partial charge in [0.05, 0.1) is 72.0 Å². The average Bonchev–Trinajstić information content (AvgIpc) is 0.835. The Kier molecular flexibility index (Phi) is 59.1. The number of primary sulfonamides is 2. The highest BCUT2D eigenvalue weighted by atomic mass is 35.5. The molecule has 8 aromatic carbocycles. The first kappa shape index (κ1) is 113. The molecule has 0 aliphatic heterocycles. The molecular weight excluding hydrogens is 1810 g/mol. The number of alkyl halides is 7. The van der Waals surface area contributed by atoms with Gasteiger partial charge in [0.1, 0.15) is 5.82 Å². The first-order valence-corrected chi connectivity index (χ1v) is 42.7. The third-order valence-electron chi connectivity index (χ3n) is 15.2. The highest BCUT2D eigenvalue weighted by Crippen LogP contribution is 2.23. The number of nitrogens with two attached hydrogens (primary N) is 4. The molecule has 0 spiro atoms. The molecule has 3 heterocycles. The third-order valence-corrected chi connectivity index (χ3v) is 17.6. The molecule has 42 heteroatoms. The number of esters is 2. The quantitative estimate of drug-likeness (QED) is 0.00273. The van der Waals surface area contributed by atoms with Crippen molar-refractivity contribution < 1.29 is 86.6 Å². The number of nitro groups is 1. The molecule has 0 aliphatic rings. The summed E-state index contributed by atoms with van der Waals surface area (Å²) >= 11 is 25.6. The summed E-state index contributed by atoms with van der Waals surface area (Å²) in [5.41, 5.74) is 20.9. The monoisotopic (exact) mass is 1900 g/mol. The molecule has 0 saturated heterocycles. The predicted molar refractivity (Wildman–Crippen MR) is 475 cm³/mol. The number of hydrogen-bond acceptors (Lipinski definition) is 22. The van der Waals surface area contributed by atoms with Crippen LogP contribution in [0.4, 0.5) is 75.2 Å². The van der Waals surface area contributed by atoms with Crippen molar-refractivity contribution in [3.63, 3.8) is 0 Å². The second-order valence-corrected chi connectivity index (χ2v) is 30.0. The van der Waals surface area contributed by atoms with E-state index in [2.05, 4.69) is 57.4 Å². The van der Waals surface area contributed by atoms with Gasteiger partial charge in [-0.1, -0.05) is 133 Å². The Bertz CT molecular complexity index is 5080. The smallest absolute Gasteiger partial charge is 0.310 e. The van der Waals surface area contributed by atoms with Crippen LogP contribution in [0.15, 0.2) is 235 Å². The molecule has 12 N–H and O–H groups in total. The maximum atomic E-state index is 14.1. The minimum atomic E-state index is -3.76. The lowest BCUT2D eigenvalue weighted by atomic mass is 10.1. The SMILES string of the molecule is CC(=O)OC(C)=O.ClCCl.FCCCc1ccc(Nc2nc(Cl)ncc2F)cc1.FCCCc1ccccc1.Fc1cnc(Cl)nc1Cl.NS(=O)(=O)c1ccc(Cc2ncc(F)c(Nc3ccc(CCCF)cc3)n2)cc1.Nc1ccc(CCCF)cc1.Nc1ccc(S(N)(=O)=O)cc1.O=[N+]([O-])O.O=[N+]([O-])c1ccc(CCCF)cc1.OCCCc1ccccc1. The molecule has 126 heavy (non-hydrogen) atoms. The second kappa shape index (κ2) is 66.1. The van der Waals surface area contributed by atoms with Crippen LogP contribution in [-0.2, 0) is 79.3 Å². The molecule has 3 aromatic heterocycles. The lowest BCUT2D eigenvalue weighted by molar-refractivity contribution is -0.742. The molecule has 27 nitrogen and oxygen atoms in total. The summed E-state index contributed by atoms with van der Waals surface area (Å²) in [6, 6.07) is 60.2. The van der Waals surface area contributed by atoms with Gasteiger partial charge in [-0.3, -0.25) is 41.7 Å². The summed E-state index contributed by atoms with van der Waals surface area (Å²) in [4.78, 5) is 60.0. The normalized spacial score (nSPS) is 10.1. The van der Waals surface area contributed by atoms with Crippen molar-refractivity contribution >= 4 is 130 Å². The number of ether oxygens (including phenoxy) is 1. The van der Waals surface area contributed by atoms with Crippen LogP contribution in [0.2, 0.25) is 15.7 Å². The van der Waals surface area contributed by atoms with Gasteiger partial charge >= 0.3 is 11.9 Å². The lowest BCUT2D eigenvalue weighted by Crippen LogP contribution is -2.12. The van der Waals surface area contributed by atoms with Crippen LogP contribution in [0.1, 0.15) is 97.1 Å². The van der Waals surface area contributed by atoms with Crippen LogP contribution in [0.5, 0.6) is 0 Å². The Morgan fingerprint density at radius 2 is 0.738 bits per heavy atom. The van der Waals surface area contributed by atoms with Crippen molar-refractivity contribution in [3.8, 4) is 0 Å². The number of benzene rings is 8. The number of non-ortho nitro benzene ring substituents is 1. The van der Waals surface area contributed by atoms with Crippen LogP contribution in [0.25, 0.3) is 0 Å². The number of halogens is 13. The first-order chi connectivity index (χ1) is 59.9. The summed E-state index contributed by atoms with van der Waals surface area (Å²) in [7, 11) is -7.33. The van der Waals surface area contributed by atoms with Crippen molar-refractivity contribution in [3.05, 3.63) is 323 Å². The zero-order valence-electron chi connectivity index (χ0n) is 68.0. The summed E-state index contributed by atoms with van der Waals surface area (Å²) < 4.78 is 147.